The van der Waals surface area contributed by atoms with Crippen molar-refractivity contribution in [1.29, 1.82) is 0 Å². The number of fused-ring (bicyclic) bond motifs is 1. The molecule has 0 fully saturated rings. The number of rotatable bonds is 6. The first-order valence-corrected chi connectivity index (χ1v) is 9.91. The summed E-state index contributed by atoms with van der Waals surface area (Å²) in [6.07, 6.45) is 1.68. The lowest BCUT2D eigenvalue weighted by molar-refractivity contribution is -0.122. The number of nitrogens with one attached hydrogen (secondary N) is 1. The van der Waals surface area contributed by atoms with Crippen LogP contribution in [0.25, 0.3) is 0 Å². The Balaban J connectivity index is 1.51. The second kappa shape index (κ2) is 8.63. The summed E-state index contributed by atoms with van der Waals surface area (Å²) in [4.78, 5) is 31.6. The Kier molecular flexibility index (Phi) is 5.77. The molecule has 0 aliphatic carbocycles. The molecule has 2 heterocycles. The molecule has 1 atom stereocenters. The lowest BCUT2D eigenvalue weighted by atomic mass is 10.1. The van der Waals surface area contributed by atoms with Gasteiger partial charge in [0.25, 0.3) is 5.91 Å². The number of carbonyl (C=O) groups is 2. The fourth-order valence-corrected chi connectivity index (χ4v) is 3.77. The fourth-order valence-electron chi connectivity index (χ4n) is 3.57. The van der Waals surface area contributed by atoms with Crippen LogP contribution in [0.4, 0.5) is 4.39 Å². The Morgan fingerprint density at radius 2 is 1.87 bits per heavy atom. The van der Waals surface area contributed by atoms with Crippen molar-refractivity contribution >= 4 is 23.4 Å². The molecule has 1 aliphatic rings. The van der Waals surface area contributed by atoms with Crippen molar-refractivity contribution in [1.82, 2.24) is 15.2 Å². The van der Waals surface area contributed by atoms with Crippen molar-refractivity contribution in [2.75, 3.05) is 0 Å². The first-order chi connectivity index (χ1) is 14.5. The van der Waals surface area contributed by atoms with E-state index in [0.29, 0.717) is 22.8 Å². The zero-order valence-corrected chi connectivity index (χ0v) is 16.8. The highest BCUT2D eigenvalue weighted by atomic mass is 35.5. The van der Waals surface area contributed by atoms with Gasteiger partial charge in [-0.15, -0.1) is 0 Å². The van der Waals surface area contributed by atoms with Gasteiger partial charge in [0.2, 0.25) is 5.91 Å². The summed E-state index contributed by atoms with van der Waals surface area (Å²) in [5.74, 6) is -0.742. The van der Waals surface area contributed by atoms with Crippen LogP contribution >= 0.6 is 11.6 Å². The Bertz CT molecular complexity index is 1090. The van der Waals surface area contributed by atoms with Crippen LogP contribution in [0.15, 0.2) is 66.9 Å². The van der Waals surface area contributed by atoms with E-state index in [0.717, 1.165) is 11.1 Å². The van der Waals surface area contributed by atoms with Crippen LogP contribution in [0.2, 0.25) is 5.02 Å². The minimum absolute atomic E-state index is 0.0708. The number of hydrogen-bond donors (Lipinski definition) is 1. The summed E-state index contributed by atoms with van der Waals surface area (Å²) in [5, 5.41) is 3.45. The van der Waals surface area contributed by atoms with Gasteiger partial charge >= 0.3 is 0 Å². The number of amides is 2. The molecular weight excluding hydrogens is 405 g/mol. The molecule has 0 bridgehead atoms. The van der Waals surface area contributed by atoms with Crippen molar-refractivity contribution in [3.8, 4) is 0 Å². The van der Waals surface area contributed by atoms with Gasteiger partial charge in [0.05, 0.1) is 23.7 Å². The van der Waals surface area contributed by atoms with E-state index in [2.05, 4.69) is 10.3 Å². The largest absolute Gasteiger partial charge is 0.352 e. The molecule has 0 radical (unpaired) electrons. The van der Waals surface area contributed by atoms with E-state index in [1.807, 2.05) is 18.2 Å². The van der Waals surface area contributed by atoms with Gasteiger partial charge < -0.3 is 10.2 Å². The van der Waals surface area contributed by atoms with Crippen LogP contribution in [0.1, 0.15) is 39.6 Å². The average Bonchev–Trinajstić information content (AvgIpc) is 3.01. The minimum Gasteiger partial charge on any atom is -0.352 e. The number of benzene rings is 2. The molecule has 7 heteroatoms. The minimum atomic E-state index is -0.495. The Hall–Kier alpha value is -3.25. The maximum Gasteiger partial charge on any atom is 0.256 e. The summed E-state index contributed by atoms with van der Waals surface area (Å²) in [5.41, 5.74) is 2.66. The van der Waals surface area contributed by atoms with Crippen LogP contribution < -0.4 is 5.32 Å². The van der Waals surface area contributed by atoms with E-state index in [1.54, 1.807) is 41.4 Å². The molecule has 4 rings (SSSR count). The fraction of sp³-hybridized carbons (Fsp3) is 0.174. The number of aromatic nitrogens is 1. The van der Waals surface area contributed by atoms with Crippen molar-refractivity contribution < 1.29 is 14.0 Å². The highest BCUT2D eigenvalue weighted by Gasteiger charge is 2.38. The summed E-state index contributed by atoms with van der Waals surface area (Å²) < 4.78 is 13.2. The zero-order chi connectivity index (χ0) is 21.1. The normalized spacial score (nSPS) is 15.2. The summed E-state index contributed by atoms with van der Waals surface area (Å²) in [7, 11) is 0. The Morgan fingerprint density at radius 1 is 1.10 bits per heavy atom. The predicted molar refractivity (Wildman–Crippen MR) is 111 cm³/mol. The Morgan fingerprint density at radius 3 is 2.63 bits per heavy atom. The summed E-state index contributed by atoms with van der Waals surface area (Å²) in [6, 6.07) is 16.2. The molecule has 0 saturated heterocycles. The summed E-state index contributed by atoms with van der Waals surface area (Å²) in [6.45, 7) is 0.560. The third-order valence-electron chi connectivity index (χ3n) is 5.10. The van der Waals surface area contributed by atoms with Crippen molar-refractivity contribution in [2.45, 2.75) is 25.6 Å². The molecule has 152 valence electrons. The molecule has 3 aromatic rings. The zero-order valence-electron chi connectivity index (χ0n) is 16.0. The molecule has 1 aliphatic heterocycles. The number of pyridine rings is 1. The van der Waals surface area contributed by atoms with Gasteiger partial charge in [-0.2, -0.15) is 0 Å². The topological polar surface area (TPSA) is 62.3 Å². The second-order valence-electron chi connectivity index (χ2n) is 7.08. The van der Waals surface area contributed by atoms with E-state index in [-0.39, 0.29) is 30.6 Å². The first kappa shape index (κ1) is 20.0. The van der Waals surface area contributed by atoms with Crippen LogP contribution in [-0.4, -0.2) is 21.7 Å². The first-order valence-electron chi connectivity index (χ1n) is 9.53. The third kappa shape index (κ3) is 4.19. The number of carbonyl (C=O) groups excluding carboxylic acids is 2. The monoisotopic (exact) mass is 423 g/mol. The highest BCUT2D eigenvalue weighted by molar-refractivity contribution is 6.31. The van der Waals surface area contributed by atoms with Gasteiger partial charge in [0.1, 0.15) is 5.82 Å². The van der Waals surface area contributed by atoms with Crippen molar-refractivity contribution in [3.05, 3.63) is 100 Å². The highest BCUT2D eigenvalue weighted by Crippen LogP contribution is 2.35. The molecule has 0 unspecified atom stereocenters. The van der Waals surface area contributed by atoms with Crippen molar-refractivity contribution in [3.63, 3.8) is 0 Å². The number of nitrogens with zero attached hydrogens (tertiary/aromatic N) is 2. The van der Waals surface area contributed by atoms with Gasteiger partial charge in [0.15, 0.2) is 0 Å². The van der Waals surface area contributed by atoms with E-state index in [1.165, 1.54) is 12.1 Å². The molecule has 0 spiro atoms. The van der Waals surface area contributed by atoms with E-state index in [4.69, 9.17) is 11.6 Å². The molecule has 1 aromatic heterocycles. The van der Waals surface area contributed by atoms with E-state index in [9.17, 15) is 14.0 Å². The maximum atomic E-state index is 13.2. The van der Waals surface area contributed by atoms with Gasteiger partial charge in [0, 0.05) is 24.3 Å². The predicted octanol–water partition coefficient (Wildman–Crippen LogP) is 4.28. The standard InChI is InChI=1S/C23H19ClFN3O2/c24-19-6-2-1-4-16(19)13-27-21(29)12-20-22-18(5-3-11-26-22)23(30)28(20)14-15-7-9-17(25)10-8-15/h1-11,20H,12-14H2,(H,27,29)/t20-/m1/s1. The Labute approximate surface area is 178 Å². The van der Waals surface area contributed by atoms with Crippen LogP contribution in [0, 0.1) is 5.82 Å². The molecule has 2 aromatic carbocycles. The smallest absolute Gasteiger partial charge is 0.256 e. The SMILES string of the molecule is O=C(C[C@@H]1c2ncccc2C(=O)N1Cc1ccc(F)cc1)NCc1ccccc1Cl. The molecular formula is C23H19ClFN3O2. The second-order valence-corrected chi connectivity index (χ2v) is 7.49. The molecule has 5 nitrogen and oxygen atoms in total. The van der Waals surface area contributed by atoms with Crippen LogP contribution in [-0.2, 0) is 17.9 Å². The van der Waals surface area contributed by atoms with Crippen LogP contribution in [0.3, 0.4) is 0 Å². The molecule has 2 amide bonds. The van der Waals surface area contributed by atoms with E-state index >= 15 is 0 Å². The summed E-state index contributed by atoms with van der Waals surface area (Å²) >= 11 is 6.15. The van der Waals surface area contributed by atoms with Crippen LogP contribution in [0.5, 0.6) is 0 Å². The third-order valence-corrected chi connectivity index (χ3v) is 5.47. The van der Waals surface area contributed by atoms with Gasteiger partial charge in [-0.25, -0.2) is 4.39 Å². The van der Waals surface area contributed by atoms with Gasteiger partial charge in [-0.1, -0.05) is 41.9 Å². The maximum absolute atomic E-state index is 13.2. The average molecular weight is 424 g/mol. The lowest BCUT2D eigenvalue weighted by Gasteiger charge is -2.24. The van der Waals surface area contributed by atoms with Crippen molar-refractivity contribution in [2.24, 2.45) is 0 Å². The number of hydrogen-bond acceptors (Lipinski definition) is 3. The van der Waals surface area contributed by atoms with E-state index < -0.39 is 6.04 Å². The lowest BCUT2D eigenvalue weighted by Crippen LogP contribution is -2.32. The van der Waals surface area contributed by atoms with Gasteiger partial charge in [-0.3, -0.25) is 14.6 Å². The molecule has 0 saturated carbocycles. The quantitative estimate of drug-likeness (QED) is 0.643. The van der Waals surface area contributed by atoms with Gasteiger partial charge in [-0.05, 0) is 41.5 Å². The molecule has 1 N–H and O–H groups in total. The number of halogens is 2. The molecule has 30 heavy (non-hydrogen) atoms.